The zero-order valence-corrected chi connectivity index (χ0v) is 8.81. The Kier molecular flexibility index (Phi) is 2.91. The second kappa shape index (κ2) is 4.52. The van der Waals surface area contributed by atoms with E-state index in [-0.39, 0.29) is 11.5 Å². The predicted molar refractivity (Wildman–Crippen MR) is 62.1 cm³/mol. The summed E-state index contributed by atoms with van der Waals surface area (Å²) in [7, 11) is 0. The van der Waals surface area contributed by atoms with Gasteiger partial charge in [0.05, 0.1) is 11.3 Å². The topological polar surface area (TPSA) is 82.2 Å². The molecule has 0 aliphatic heterocycles. The second-order valence-electron chi connectivity index (χ2n) is 3.44. The number of aromatic amines is 1. The molecule has 86 valence electrons. The summed E-state index contributed by atoms with van der Waals surface area (Å²) in [6.45, 7) is 0. The minimum atomic E-state index is -1.01. The number of benzene rings is 1. The number of carbonyl (C=O) groups is 2. The van der Waals surface area contributed by atoms with Gasteiger partial charge in [-0.1, -0.05) is 0 Å². The zero-order valence-electron chi connectivity index (χ0n) is 8.81. The number of aromatic carboxylic acids is 1. The van der Waals surface area contributed by atoms with Gasteiger partial charge in [-0.15, -0.1) is 0 Å². The maximum atomic E-state index is 11.7. The van der Waals surface area contributed by atoms with Crippen LogP contribution >= 0.6 is 0 Å². The SMILES string of the molecule is O=C(O)c1ccc(C(=O)Nc2cc[nH]c2)cc1. The molecule has 1 aromatic carbocycles. The van der Waals surface area contributed by atoms with E-state index in [0.29, 0.717) is 11.3 Å². The summed E-state index contributed by atoms with van der Waals surface area (Å²) in [4.78, 5) is 25.2. The monoisotopic (exact) mass is 230 g/mol. The van der Waals surface area contributed by atoms with Crippen LogP contribution in [0.4, 0.5) is 5.69 Å². The number of hydrogen-bond donors (Lipinski definition) is 3. The van der Waals surface area contributed by atoms with E-state index >= 15 is 0 Å². The first-order valence-electron chi connectivity index (χ1n) is 4.94. The van der Waals surface area contributed by atoms with Crippen LogP contribution in [0.15, 0.2) is 42.7 Å². The van der Waals surface area contributed by atoms with Gasteiger partial charge in [-0.05, 0) is 30.3 Å². The Morgan fingerprint density at radius 2 is 1.71 bits per heavy atom. The summed E-state index contributed by atoms with van der Waals surface area (Å²) in [5, 5.41) is 11.4. The van der Waals surface area contributed by atoms with Crippen LogP contribution in [0, 0.1) is 0 Å². The molecule has 0 atom stereocenters. The highest BCUT2D eigenvalue weighted by molar-refractivity contribution is 6.04. The lowest BCUT2D eigenvalue weighted by Crippen LogP contribution is -2.11. The van der Waals surface area contributed by atoms with Crippen molar-refractivity contribution in [3.63, 3.8) is 0 Å². The lowest BCUT2D eigenvalue weighted by molar-refractivity contribution is 0.0696. The number of hydrogen-bond acceptors (Lipinski definition) is 2. The van der Waals surface area contributed by atoms with Gasteiger partial charge in [0.1, 0.15) is 0 Å². The number of anilines is 1. The summed E-state index contributed by atoms with van der Waals surface area (Å²) >= 11 is 0. The van der Waals surface area contributed by atoms with Gasteiger partial charge in [0, 0.05) is 18.0 Å². The van der Waals surface area contributed by atoms with Crippen LogP contribution < -0.4 is 5.32 Å². The normalized spacial score (nSPS) is 9.88. The van der Waals surface area contributed by atoms with Crippen molar-refractivity contribution in [1.29, 1.82) is 0 Å². The van der Waals surface area contributed by atoms with E-state index in [1.807, 2.05) is 0 Å². The fourth-order valence-corrected chi connectivity index (χ4v) is 1.37. The Labute approximate surface area is 97.1 Å². The molecule has 0 aliphatic rings. The number of rotatable bonds is 3. The van der Waals surface area contributed by atoms with Crippen molar-refractivity contribution in [1.82, 2.24) is 4.98 Å². The van der Waals surface area contributed by atoms with Crippen molar-refractivity contribution in [2.24, 2.45) is 0 Å². The molecule has 3 N–H and O–H groups in total. The molecule has 2 aromatic rings. The Balaban J connectivity index is 2.12. The molecule has 0 fully saturated rings. The summed E-state index contributed by atoms with van der Waals surface area (Å²) in [5.41, 5.74) is 1.23. The molecule has 0 spiro atoms. The standard InChI is InChI=1S/C12H10N2O3/c15-11(14-10-5-6-13-7-10)8-1-3-9(4-2-8)12(16)17/h1-7,13H,(H,14,15)(H,16,17). The summed E-state index contributed by atoms with van der Waals surface area (Å²) < 4.78 is 0. The first-order chi connectivity index (χ1) is 8.16. The fourth-order valence-electron chi connectivity index (χ4n) is 1.37. The molecule has 0 unspecified atom stereocenters. The van der Waals surface area contributed by atoms with E-state index in [2.05, 4.69) is 10.3 Å². The molecule has 5 nitrogen and oxygen atoms in total. The number of carbonyl (C=O) groups excluding carboxylic acids is 1. The van der Waals surface area contributed by atoms with Gasteiger partial charge in [-0.25, -0.2) is 4.79 Å². The van der Waals surface area contributed by atoms with Crippen molar-refractivity contribution >= 4 is 17.6 Å². The number of H-pyrrole nitrogens is 1. The molecule has 17 heavy (non-hydrogen) atoms. The average molecular weight is 230 g/mol. The van der Waals surface area contributed by atoms with Crippen LogP contribution in [-0.4, -0.2) is 22.0 Å². The number of nitrogens with one attached hydrogen (secondary N) is 2. The van der Waals surface area contributed by atoms with Crippen LogP contribution in [0.25, 0.3) is 0 Å². The van der Waals surface area contributed by atoms with E-state index in [0.717, 1.165) is 0 Å². The van der Waals surface area contributed by atoms with Crippen molar-refractivity contribution in [2.75, 3.05) is 5.32 Å². The quantitative estimate of drug-likeness (QED) is 0.753. The van der Waals surface area contributed by atoms with E-state index < -0.39 is 5.97 Å². The molecular formula is C12H10N2O3. The number of amides is 1. The van der Waals surface area contributed by atoms with Crippen LogP contribution in [0.5, 0.6) is 0 Å². The molecule has 0 bridgehead atoms. The molecule has 2 rings (SSSR count). The van der Waals surface area contributed by atoms with Crippen LogP contribution in [0.3, 0.4) is 0 Å². The molecule has 1 amide bonds. The highest BCUT2D eigenvalue weighted by Crippen LogP contribution is 2.09. The van der Waals surface area contributed by atoms with Gasteiger partial charge in [0.2, 0.25) is 0 Å². The Morgan fingerprint density at radius 1 is 1.06 bits per heavy atom. The predicted octanol–water partition coefficient (Wildman–Crippen LogP) is 1.97. The third kappa shape index (κ3) is 2.52. The maximum Gasteiger partial charge on any atom is 0.335 e. The van der Waals surface area contributed by atoms with Crippen molar-refractivity contribution in [3.8, 4) is 0 Å². The Hall–Kier alpha value is -2.56. The summed E-state index contributed by atoms with van der Waals surface area (Å²) in [6, 6.07) is 7.48. The minimum absolute atomic E-state index is 0.156. The summed E-state index contributed by atoms with van der Waals surface area (Å²) in [5.74, 6) is -1.29. The number of aromatic nitrogens is 1. The third-order valence-electron chi connectivity index (χ3n) is 2.25. The Bertz CT molecular complexity index is 529. The van der Waals surface area contributed by atoms with Gasteiger partial charge in [-0.2, -0.15) is 0 Å². The first-order valence-corrected chi connectivity index (χ1v) is 4.94. The van der Waals surface area contributed by atoms with E-state index in [1.165, 1.54) is 24.3 Å². The second-order valence-corrected chi connectivity index (χ2v) is 3.44. The largest absolute Gasteiger partial charge is 0.478 e. The lowest BCUT2D eigenvalue weighted by Gasteiger charge is -2.02. The first kappa shape index (κ1) is 10.9. The van der Waals surface area contributed by atoms with Crippen molar-refractivity contribution < 1.29 is 14.7 Å². The van der Waals surface area contributed by atoms with Gasteiger partial charge in [0.25, 0.3) is 5.91 Å². The Morgan fingerprint density at radius 3 is 2.24 bits per heavy atom. The van der Waals surface area contributed by atoms with Crippen molar-refractivity contribution in [2.45, 2.75) is 0 Å². The highest BCUT2D eigenvalue weighted by atomic mass is 16.4. The van der Waals surface area contributed by atoms with Crippen LogP contribution in [0.1, 0.15) is 20.7 Å². The molecule has 5 heteroatoms. The molecule has 0 saturated heterocycles. The maximum absolute atomic E-state index is 11.7. The third-order valence-corrected chi connectivity index (χ3v) is 2.25. The van der Waals surface area contributed by atoms with E-state index in [9.17, 15) is 9.59 Å². The number of carboxylic acids is 1. The molecule has 0 saturated carbocycles. The molecule has 1 heterocycles. The lowest BCUT2D eigenvalue weighted by atomic mass is 10.1. The van der Waals surface area contributed by atoms with Crippen LogP contribution in [0.2, 0.25) is 0 Å². The van der Waals surface area contributed by atoms with E-state index in [4.69, 9.17) is 5.11 Å². The average Bonchev–Trinajstić information content (AvgIpc) is 2.82. The van der Waals surface area contributed by atoms with E-state index in [1.54, 1.807) is 18.5 Å². The smallest absolute Gasteiger partial charge is 0.335 e. The zero-order chi connectivity index (χ0) is 12.3. The van der Waals surface area contributed by atoms with Crippen LogP contribution in [-0.2, 0) is 0 Å². The minimum Gasteiger partial charge on any atom is -0.478 e. The fraction of sp³-hybridized carbons (Fsp3) is 0. The van der Waals surface area contributed by atoms with Gasteiger partial charge >= 0.3 is 5.97 Å². The summed E-state index contributed by atoms with van der Waals surface area (Å²) in [6.07, 6.45) is 3.35. The highest BCUT2D eigenvalue weighted by Gasteiger charge is 2.08. The molecular weight excluding hydrogens is 220 g/mol. The van der Waals surface area contributed by atoms with Gasteiger partial charge < -0.3 is 15.4 Å². The van der Waals surface area contributed by atoms with Crippen molar-refractivity contribution in [3.05, 3.63) is 53.9 Å². The van der Waals surface area contributed by atoms with Gasteiger partial charge in [-0.3, -0.25) is 4.79 Å². The van der Waals surface area contributed by atoms with Gasteiger partial charge in [0.15, 0.2) is 0 Å². The molecule has 0 aliphatic carbocycles. The molecule has 0 radical (unpaired) electrons. The molecule has 1 aromatic heterocycles. The number of carboxylic acid groups (broad SMARTS) is 1.